The summed E-state index contributed by atoms with van der Waals surface area (Å²) < 4.78 is 0. The second-order valence-corrected chi connectivity index (χ2v) is 10.0. The third kappa shape index (κ3) is 7.53. The normalized spacial score (nSPS) is 13.6. The summed E-state index contributed by atoms with van der Waals surface area (Å²) in [6.07, 6.45) is 8.50. The SMILES string of the molecule is CCN(CC)CCCC(C)Nc1ccnc2c1ccc1c(NC(C)CCCN(CC)CC)ccnc12. The molecule has 2 unspecified atom stereocenters. The van der Waals surface area contributed by atoms with Gasteiger partial charge >= 0.3 is 0 Å². The van der Waals surface area contributed by atoms with Gasteiger partial charge in [-0.05, 0) is 103 Å². The summed E-state index contributed by atoms with van der Waals surface area (Å²) in [5.74, 6) is 0. The summed E-state index contributed by atoms with van der Waals surface area (Å²) >= 11 is 0. The Morgan fingerprint density at radius 3 is 1.39 bits per heavy atom. The number of fused-ring (bicyclic) bond motifs is 3. The maximum absolute atomic E-state index is 4.75. The van der Waals surface area contributed by atoms with E-state index in [-0.39, 0.29) is 0 Å². The van der Waals surface area contributed by atoms with E-state index in [2.05, 4.69) is 86.2 Å². The quantitative estimate of drug-likeness (QED) is 0.219. The van der Waals surface area contributed by atoms with E-state index in [9.17, 15) is 0 Å². The summed E-state index contributed by atoms with van der Waals surface area (Å²) in [4.78, 5) is 14.5. The molecule has 1 aromatic carbocycles. The van der Waals surface area contributed by atoms with Gasteiger partial charge in [0.1, 0.15) is 0 Å². The first-order chi connectivity index (χ1) is 17.5. The van der Waals surface area contributed by atoms with E-state index >= 15 is 0 Å². The molecule has 0 aliphatic heterocycles. The number of rotatable bonds is 16. The van der Waals surface area contributed by atoms with Crippen LogP contribution >= 0.6 is 0 Å². The minimum Gasteiger partial charge on any atom is -0.382 e. The average Bonchev–Trinajstić information content (AvgIpc) is 2.89. The number of nitrogens with one attached hydrogen (secondary N) is 2. The molecule has 3 aromatic rings. The van der Waals surface area contributed by atoms with Crippen LogP contribution in [0.4, 0.5) is 11.4 Å². The van der Waals surface area contributed by atoms with Crippen LogP contribution < -0.4 is 10.6 Å². The molecule has 2 aromatic heterocycles. The Kier molecular flexibility index (Phi) is 11.2. The number of hydrogen-bond acceptors (Lipinski definition) is 6. The van der Waals surface area contributed by atoms with E-state index in [1.807, 2.05) is 12.4 Å². The van der Waals surface area contributed by atoms with Gasteiger partial charge in [0.25, 0.3) is 0 Å². The monoisotopic (exact) mass is 492 g/mol. The average molecular weight is 493 g/mol. The third-order valence-corrected chi connectivity index (χ3v) is 7.44. The van der Waals surface area contributed by atoms with Crippen molar-refractivity contribution >= 4 is 33.2 Å². The highest BCUT2D eigenvalue weighted by Gasteiger charge is 2.13. The van der Waals surface area contributed by atoms with Crippen LogP contribution in [0.2, 0.25) is 0 Å². The first-order valence-corrected chi connectivity index (χ1v) is 14.1. The van der Waals surface area contributed by atoms with Crippen molar-refractivity contribution in [1.82, 2.24) is 19.8 Å². The minimum absolute atomic E-state index is 0.403. The Morgan fingerprint density at radius 2 is 1.03 bits per heavy atom. The molecule has 0 fully saturated rings. The van der Waals surface area contributed by atoms with Crippen LogP contribution in [0, 0.1) is 0 Å². The van der Waals surface area contributed by atoms with Crippen molar-refractivity contribution in [3.63, 3.8) is 0 Å². The Hall–Kier alpha value is -2.44. The first-order valence-electron chi connectivity index (χ1n) is 14.1. The molecule has 6 heteroatoms. The van der Waals surface area contributed by atoms with Crippen molar-refractivity contribution in [2.75, 3.05) is 49.9 Å². The van der Waals surface area contributed by atoms with Gasteiger partial charge < -0.3 is 20.4 Å². The number of aromatic nitrogens is 2. The smallest absolute Gasteiger partial charge is 0.0986 e. The lowest BCUT2D eigenvalue weighted by atomic mass is 10.1. The van der Waals surface area contributed by atoms with Crippen molar-refractivity contribution in [1.29, 1.82) is 0 Å². The van der Waals surface area contributed by atoms with Gasteiger partial charge in [0.05, 0.1) is 11.0 Å². The van der Waals surface area contributed by atoms with Crippen molar-refractivity contribution in [2.24, 2.45) is 0 Å². The molecule has 0 bridgehead atoms. The van der Waals surface area contributed by atoms with Gasteiger partial charge in [-0.2, -0.15) is 0 Å². The van der Waals surface area contributed by atoms with Crippen LogP contribution in [0.25, 0.3) is 21.8 Å². The number of anilines is 2. The van der Waals surface area contributed by atoms with E-state index in [1.165, 1.54) is 12.8 Å². The fourth-order valence-electron chi connectivity index (χ4n) is 5.08. The molecule has 6 nitrogen and oxygen atoms in total. The van der Waals surface area contributed by atoms with E-state index in [0.29, 0.717) is 12.1 Å². The fourth-order valence-corrected chi connectivity index (χ4v) is 5.08. The van der Waals surface area contributed by atoms with E-state index in [1.54, 1.807) is 0 Å². The molecule has 3 rings (SSSR count). The highest BCUT2D eigenvalue weighted by Crippen LogP contribution is 2.32. The standard InChI is InChI=1S/C30H48N6/c1-7-35(8-2)21-11-13-23(5)33-27-17-19-31-29-25(27)15-16-26-28(18-20-32-30(26)29)34-24(6)14-12-22-36(9-3)10-4/h15-20,23-24H,7-14,21-22H2,1-6H3,(H,31,33)(H,32,34). The van der Waals surface area contributed by atoms with Crippen LogP contribution in [-0.2, 0) is 0 Å². The molecule has 198 valence electrons. The summed E-state index contributed by atoms with van der Waals surface area (Å²) in [5, 5.41) is 9.76. The van der Waals surface area contributed by atoms with Gasteiger partial charge in [0.2, 0.25) is 0 Å². The summed E-state index contributed by atoms with van der Waals surface area (Å²) in [6, 6.07) is 9.39. The Balaban J connectivity index is 1.71. The van der Waals surface area contributed by atoms with Gasteiger partial charge in [-0.15, -0.1) is 0 Å². The maximum Gasteiger partial charge on any atom is 0.0986 e. The second-order valence-electron chi connectivity index (χ2n) is 10.0. The molecule has 2 heterocycles. The second kappa shape index (κ2) is 14.3. The molecule has 0 radical (unpaired) electrons. The lowest BCUT2D eigenvalue weighted by Crippen LogP contribution is -2.25. The van der Waals surface area contributed by atoms with E-state index in [4.69, 9.17) is 9.97 Å². The van der Waals surface area contributed by atoms with E-state index < -0.39 is 0 Å². The molecule has 2 atom stereocenters. The van der Waals surface area contributed by atoms with Crippen molar-refractivity contribution < 1.29 is 0 Å². The molecule has 0 saturated carbocycles. The molecule has 0 aliphatic rings. The molecule has 0 amide bonds. The highest BCUT2D eigenvalue weighted by molar-refractivity contribution is 6.10. The molecule has 0 saturated heterocycles. The number of pyridine rings is 2. The van der Waals surface area contributed by atoms with Gasteiger partial charge in [-0.25, -0.2) is 0 Å². The largest absolute Gasteiger partial charge is 0.382 e. The first kappa shape index (κ1) is 28.1. The third-order valence-electron chi connectivity index (χ3n) is 7.44. The van der Waals surface area contributed by atoms with Crippen LogP contribution in [0.5, 0.6) is 0 Å². The lowest BCUT2D eigenvalue weighted by Gasteiger charge is -2.21. The topological polar surface area (TPSA) is 56.3 Å². The summed E-state index contributed by atoms with van der Waals surface area (Å²) in [6.45, 7) is 20.3. The maximum atomic E-state index is 4.75. The predicted octanol–water partition coefficient (Wildman–Crippen LogP) is 6.63. The van der Waals surface area contributed by atoms with Gasteiger partial charge in [-0.3, -0.25) is 9.97 Å². The Labute approximate surface area is 218 Å². The molecule has 0 spiro atoms. The molecule has 2 N–H and O–H groups in total. The van der Waals surface area contributed by atoms with E-state index in [0.717, 1.165) is 85.3 Å². The zero-order valence-corrected chi connectivity index (χ0v) is 23.5. The van der Waals surface area contributed by atoms with Crippen LogP contribution in [0.3, 0.4) is 0 Å². The number of hydrogen-bond donors (Lipinski definition) is 2. The van der Waals surface area contributed by atoms with Crippen molar-refractivity contribution in [3.8, 4) is 0 Å². The Morgan fingerprint density at radius 1 is 0.639 bits per heavy atom. The van der Waals surface area contributed by atoms with Gasteiger partial charge in [-0.1, -0.05) is 27.7 Å². The lowest BCUT2D eigenvalue weighted by molar-refractivity contribution is 0.295. The molecular formula is C30H48N6. The predicted molar refractivity (Wildman–Crippen MR) is 157 cm³/mol. The zero-order valence-electron chi connectivity index (χ0n) is 23.5. The van der Waals surface area contributed by atoms with Crippen LogP contribution in [0.1, 0.15) is 67.2 Å². The number of nitrogens with zero attached hydrogens (tertiary/aromatic N) is 4. The van der Waals surface area contributed by atoms with Crippen LogP contribution in [-0.4, -0.2) is 71.1 Å². The Bertz CT molecular complexity index is 975. The molecular weight excluding hydrogens is 444 g/mol. The van der Waals surface area contributed by atoms with Gasteiger partial charge in [0.15, 0.2) is 0 Å². The van der Waals surface area contributed by atoms with Crippen molar-refractivity contribution in [2.45, 2.75) is 79.3 Å². The fraction of sp³-hybridized carbons (Fsp3) is 0.600. The van der Waals surface area contributed by atoms with Crippen LogP contribution in [0.15, 0.2) is 36.7 Å². The molecule has 36 heavy (non-hydrogen) atoms. The minimum atomic E-state index is 0.403. The van der Waals surface area contributed by atoms with Crippen molar-refractivity contribution in [3.05, 3.63) is 36.7 Å². The van der Waals surface area contributed by atoms with Gasteiger partial charge in [0, 0.05) is 46.6 Å². The molecule has 0 aliphatic carbocycles. The zero-order chi connectivity index (χ0) is 25.9. The highest BCUT2D eigenvalue weighted by atomic mass is 15.1. The summed E-state index contributed by atoms with van der Waals surface area (Å²) in [5.41, 5.74) is 4.21. The number of benzene rings is 1. The summed E-state index contributed by atoms with van der Waals surface area (Å²) in [7, 11) is 0.